The zero-order chi connectivity index (χ0) is 13.2. The standard InChI is InChI=1S/C13H14O4/c1-7-5-11(12(16)6-14)13(17-10(4)15)9(3)8(7)2/h5-6H,1-4H3. The van der Waals surface area contributed by atoms with Gasteiger partial charge in [-0.15, -0.1) is 0 Å². The summed E-state index contributed by atoms with van der Waals surface area (Å²) in [5, 5.41) is 0. The summed E-state index contributed by atoms with van der Waals surface area (Å²) in [7, 11) is 0. The highest BCUT2D eigenvalue weighted by Crippen LogP contribution is 2.29. The van der Waals surface area contributed by atoms with Crippen LogP contribution in [0, 0.1) is 20.8 Å². The lowest BCUT2D eigenvalue weighted by Gasteiger charge is -2.14. The number of hydrogen-bond acceptors (Lipinski definition) is 4. The van der Waals surface area contributed by atoms with Gasteiger partial charge < -0.3 is 4.74 Å². The average Bonchev–Trinajstić information content (AvgIpc) is 2.28. The van der Waals surface area contributed by atoms with E-state index in [1.807, 2.05) is 13.8 Å². The van der Waals surface area contributed by atoms with E-state index in [0.717, 1.165) is 11.1 Å². The van der Waals surface area contributed by atoms with Gasteiger partial charge in [-0.25, -0.2) is 0 Å². The number of aldehydes is 1. The molecule has 0 radical (unpaired) electrons. The van der Waals surface area contributed by atoms with Gasteiger partial charge in [0.1, 0.15) is 5.75 Å². The van der Waals surface area contributed by atoms with Crippen LogP contribution in [-0.4, -0.2) is 18.0 Å². The number of esters is 1. The lowest BCUT2D eigenvalue weighted by Crippen LogP contribution is -2.11. The van der Waals surface area contributed by atoms with Gasteiger partial charge in [-0.05, 0) is 43.5 Å². The second-order valence-corrected chi connectivity index (χ2v) is 3.90. The minimum atomic E-state index is -0.688. The molecule has 0 aliphatic heterocycles. The molecule has 0 bridgehead atoms. The van der Waals surface area contributed by atoms with Crippen LogP contribution in [0.25, 0.3) is 0 Å². The quantitative estimate of drug-likeness (QED) is 0.263. The van der Waals surface area contributed by atoms with Gasteiger partial charge in [0.05, 0.1) is 5.56 Å². The number of aryl methyl sites for hydroxylation is 1. The van der Waals surface area contributed by atoms with Gasteiger partial charge in [-0.2, -0.15) is 0 Å². The number of Topliss-reactive ketones (excluding diaryl/α,β-unsaturated/α-hetero) is 1. The molecular formula is C13H14O4. The normalized spacial score (nSPS) is 9.88. The molecule has 1 rings (SSSR count). The molecule has 17 heavy (non-hydrogen) atoms. The Bertz CT molecular complexity index is 501. The van der Waals surface area contributed by atoms with Crippen LogP contribution in [0.5, 0.6) is 5.75 Å². The zero-order valence-electron chi connectivity index (χ0n) is 10.3. The van der Waals surface area contributed by atoms with Crippen LogP contribution >= 0.6 is 0 Å². The highest BCUT2D eigenvalue weighted by molar-refractivity contribution is 6.34. The highest BCUT2D eigenvalue weighted by atomic mass is 16.5. The average molecular weight is 234 g/mol. The summed E-state index contributed by atoms with van der Waals surface area (Å²) >= 11 is 0. The number of benzene rings is 1. The van der Waals surface area contributed by atoms with Gasteiger partial charge in [0, 0.05) is 6.92 Å². The predicted octanol–water partition coefficient (Wildman–Crippen LogP) is 1.92. The van der Waals surface area contributed by atoms with Crippen molar-refractivity contribution in [2.24, 2.45) is 0 Å². The van der Waals surface area contributed by atoms with Crippen molar-refractivity contribution in [3.63, 3.8) is 0 Å². The monoisotopic (exact) mass is 234 g/mol. The fourth-order valence-corrected chi connectivity index (χ4v) is 1.58. The van der Waals surface area contributed by atoms with Crippen molar-refractivity contribution < 1.29 is 19.1 Å². The van der Waals surface area contributed by atoms with E-state index in [9.17, 15) is 14.4 Å². The second-order valence-electron chi connectivity index (χ2n) is 3.90. The number of ketones is 1. The largest absolute Gasteiger partial charge is 0.426 e. The maximum absolute atomic E-state index is 11.5. The first-order chi connectivity index (χ1) is 7.88. The van der Waals surface area contributed by atoms with E-state index in [1.54, 1.807) is 13.0 Å². The third-order valence-electron chi connectivity index (χ3n) is 2.72. The van der Waals surface area contributed by atoms with Crippen molar-refractivity contribution >= 4 is 18.0 Å². The molecule has 0 unspecified atom stereocenters. The lowest BCUT2D eigenvalue weighted by molar-refractivity contribution is -0.132. The molecule has 0 atom stereocenters. The fraction of sp³-hybridized carbons (Fsp3) is 0.308. The number of carbonyl (C=O) groups is 3. The van der Waals surface area contributed by atoms with Crippen LogP contribution in [0.15, 0.2) is 6.07 Å². The summed E-state index contributed by atoms with van der Waals surface area (Å²) in [6, 6.07) is 1.57. The molecule has 0 saturated carbocycles. The molecule has 1 aromatic carbocycles. The fourth-order valence-electron chi connectivity index (χ4n) is 1.58. The van der Waals surface area contributed by atoms with Crippen LogP contribution in [-0.2, 0) is 9.59 Å². The Hall–Kier alpha value is -1.97. The first-order valence-corrected chi connectivity index (χ1v) is 5.17. The Morgan fingerprint density at radius 1 is 1.18 bits per heavy atom. The van der Waals surface area contributed by atoms with E-state index in [1.165, 1.54) is 6.92 Å². The van der Waals surface area contributed by atoms with Crippen LogP contribution in [0.3, 0.4) is 0 Å². The highest BCUT2D eigenvalue weighted by Gasteiger charge is 2.18. The molecule has 0 aliphatic carbocycles. The molecule has 0 spiro atoms. The van der Waals surface area contributed by atoms with E-state index in [2.05, 4.69) is 0 Å². The minimum Gasteiger partial charge on any atom is -0.426 e. The lowest BCUT2D eigenvalue weighted by atomic mass is 9.97. The Kier molecular flexibility index (Phi) is 3.78. The smallest absolute Gasteiger partial charge is 0.308 e. The van der Waals surface area contributed by atoms with E-state index < -0.39 is 11.8 Å². The molecular weight excluding hydrogens is 220 g/mol. The third-order valence-corrected chi connectivity index (χ3v) is 2.72. The van der Waals surface area contributed by atoms with E-state index in [-0.39, 0.29) is 17.6 Å². The molecule has 0 fully saturated rings. The van der Waals surface area contributed by atoms with E-state index in [4.69, 9.17) is 4.74 Å². The summed E-state index contributed by atoms with van der Waals surface area (Å²) in [5.74, 6) is -1.03. The van der Waals surface area contributed by atoms with Gasteiger partial charge >= 0.3 is 5.97 Å². The Morgan fingerprint density at radius 2 is 1.76 bits per heavy atom. The molecule has 0 saturated heterocycles. The van der Waals surface area contributed by atoms with Crippen LogP contribution in [0.2, 0.25) is 0 Å². The second kappa shape index (κ2) is 4.91. The number of hydrogen-bond donors (Lipinski definition) is 0. The van der Waals surface area contributed by atoms with Gasteiger partial charge in [-0.1, -0.05) is 0 Å². The van der Waals surface area contributed by atoms with Gasteiger partial charge in [0.15, 0.2) is 6.29 Å². The summed E-state index contributed by atoms with van der Waals surface area (Å²) in [6.45, 7) is 6.71. The SMILES string of the molecule is CC(=O)Oc1c(C(=O)C=O)cc(C)c(C)c1C. The molecule has 4 nitrogen and oxygen atoms in total. The Morgan fingerprint density at radius 3 is 2.24 bits per heavy atom. The minimum absolute atomic E-state index is 0.135. The van der Waals surface area contributed by atoms with Gasteiger partial charge in [-0.3, -0.25) is 14.4 Å². The van der Waals surface area contributed by atoms with Crippen molar-refractivity contribution in [2.75, 3.05) is 0 Å². The number of carbonyl (C=O) groups excluding carboxylic acids is 3. The summed E-state index contributed by atoms with van der Waals surface area (Å²) in [4.78, 5) is 33.0. The van der Waals surface area contributed by atoms with Crippen molar-refractivity contribution in [3.8, 4) is 5.75 Å². The maximum atomic E-state index is 11.5. The molecule has 4 heteroatoms. The van der Waals surface area contributed by atoms with Gasteiger partial charge in [0.25, 0.3) is 0 Å². The number of rotatable bonds is 3. The molecule has 1 aromatic rings. The Labute approximate surface area is 99.6 Å². The topological polar surface area (TPSA) is 60.4 Å². The van der Waals surface area contributed by atoms with Crippen molar-refractivity contribution in [1.29, 1.82) is 0 Å². The molecule has 0 heterocycles. The Balaban J connectivity index is 3.51. The summed E-state index contributed by atoms with van der Waals surface area (Å²) in [5.41, 5.74) is 2.65. The number of ether oxygens (including phenoxy) is 1. The van der Waals surface area contributed by atoms with Gasteiger partial charge in [0.2, 0.25) is 5.78 Å². The first-order valence-electron chi connectivity index (χ1n) is 5.17. The molecule has 90 valence electrons. The summed E-state index contributed by atoms with van der Waals surface area (Å²) < 4.78 is 5.02. The van der Waals surface area contributed by atoms with Crippen molar-refractivity contribution in [1.82, 2.24) is 0 Å². The zero-order valence-corrected chi connectivity index (χ0v) is 10.3. The maximum Gasteiger partial charge on any atom is 0.308 e. The van der Waals surface area contributed by atoms with Crippen molar-refractivity contribution in [2.45, 2.75) is 27.7 Å². The van der Waals surface area contributed by atoms with Crippen LogP contribution in [0.1, 0.15) is 34.0 Å². The molecule has 0 aromatic heterocycles. The molecule has 0 N–H and O–H groups in total. The molecule has 0 amide bonds. The third kappa shape index (κ3) is 2.58. The summed E-state index contributed by atoms with van der Waals surface area (Å²) in [6.07, 6.45) is 0.219. The molecule has 0 aliphatic rings. The van der Waals surface area contributed by atoms with Crippen LogP contribution < -0.4 is 4.74 Å². The van der Waals surface area contributed by atoms with E-state index in [0.29, 0.717) is 5.56 Å². The van der Waals surface area contributed by atoms with Crippen molar-refractivity contribution in [3.05, 3.63) is 28.3 Å². The predicted molar refractivity (Wildman–Crippen MR) is 62.4 cm³/mol. The van der Waals surface area contributed by atoms with E-state index >= 15 is 0 Å². The first kappa shape index (κ1) is 13.1. The van der Waals surface area contributed by atoms with Crippen LogP contribution in [0.4, 0.5) is 0 Å².